The predicted molar refractivity (Wildman–Crippen MR) is 74.7 cm³/mol. The van der Waals surface area contributed by atoms with Crippen molar-refractivity contribution in [3.05, 3.63) is 35.4 Å². The van der Waals surface area contributed by atoms with E-state index in [4.69, 9.17) is 15.1 Å². The maximum Gasteiger partial charge on any atom is 0.0991 e. The molecule has 0 aliphatic heterocycles. The van der Waals surface area contributed by atoms with Gasteiger partial charge in [-0.3, -0.25) is 4.90 Å². The molecule has 0 spiro atoms. The fourth-order valence-electron chi connectivity index (χ4n) is 2.02. The van der Waals surface area contributed by atoms with Gasteiger partial charge in [0.05, 0.1) is 31.5 Å². The van der Waals surface area contributed by atoms with Gasteiger partial charge in [0.15, 0.2) is 0 Å². The summed E-state index contributed by atoms with van der Waals surface area (Å²) in [5.74, 6) is 0. The molecule has 4 heteroatoms. The van der Waals surface area contributed by atoms with Crippen molar-refractivity contribution in [2.24, 2.45) is 0 Å². The van der Waals surface area contributed by atoms with Crippen molar-refractivity contribution in [3.63, 3.8) is 0 Å². The summed E-state index contributed by atoms with van der Waals surface area (Å²) in [6.07, 6.45) is 0. The van der Waals surface area contributed by atoms with Gasteiger partial charge >= 0.3 is 0 Å². The summed E-state index contributed by atoms with van der Waals surface area (Å²) in [6.45, 7) is 7.11. The smallest absolute Gasteiger partial charge is 0.0991 e. The van der Waals surface area contributed by atoms with E-state index in [0.29, 0.717) is 18.8 Å². The summed E-state index contributed by atoms with van der Waals surface area (Å²) in [7, 11) is 0. The molecule has 19 heavy (non-hydrogen) atoms. The number of nitriles is 1. The van der Waals surface area contributed by atoms with Crippen molar-refractivity contribution < 1.29 is 9.84 Å². The molecule has 1 unspecified atom stereocenters. The lowest BCUT2D eigenvalue weighted by molar-refractivity contribution is 0.0664. The normalized spacial score (nSPS) is 12.4. The van der Waals surface area contributed by atoms with Gasteiger partial charge in [0.25, 0.3) is 0 Å². The van der Waals surface area contributed by atoms with Crippen LogP contribution < -0.4 is 0 Å². The monoisotopic (exact) mass is 262 g/mol. The van der Waals surface area contributed by atoms with E-state index in [1.165, 1.54) is 5.56 Å². The number of benzene rings is 1. The first-order valence-electron chi connectivity index (χ1n) is 6.65. The van der Waals surface area contributed by atoms with Gasteiger partial charge < -0.3 is 9.84 Å². The Bertz CT molecular complexity index is 398. The Balaban J connectivity index is 2.56. The molecule has 0 saturated heterocycles. The first kappa shape index (κ1) is 15.6. The molecule has 0 fully saturated rings. The summed E-state index contributed by atoms with van der Waals surface area (Å²) in [5, 5.41) is 17.5. The Labute approximate surface area is 115 Å². The van der Waals surface area contributed by atoms with E-state index in [0.717, 1.165) is 13.1 Å². The minimum atomic E-state index is 0.0668. The number of likely N-dealkylation sites (N-methyl/N-ethyl adjacent to an activating group) is 1. The topological polar surface area (TPSA) is 56.5 Å². The Kier molecular flexibility index (Phi) is 7.12. The van der Waals surface area contributed by atoms with Gasteiger partial charge in [0.2, 0.25) is 0 Å². The molecular formula is C15H22N2O2. The van der Waals surface area contributed by atoms with Crippen LogP contribution in [0.2, 0.25) is 0 Å². The van der Waals surface area contributed by atoms with E-state index in [2.05, 4.69) is 24.8 Å². The SMILES string of the molecule is CCN(CCOCCO)C(C)c1ccc(C#N)cc1. The van der Waals surface area contributed by atoms with Crippen LogP contribution in [0.5, 0.6) is 0 Å². The number of ether oxygens (including phenoxy) is 1. The summed E-state index contributed by atoms with van der Waals surface area (Å²) < 4.78 is 5.30. The number of hydrogen-bond donors (Lipinski definition) is 1. The van der Waals surface area contributed by atoms with E-state index in [1.54, 1.807) is 0 Å². The minimum Gasteiger partial charge on any atom is -0.394 e. The van der Waals surface area contributed by atoms with Crippen molar-refractivity contribution in [1.29, 1.82) is 5.26 Å². The Morgan fingerprint density at radius 3 is 2.53 bits per heavy atom. The van der Waals surface area contributed by atoms with Crippen LogP contribution in [-0.4, -0.2) is 42.9 Å². The highest BCUT2D eigenvalue weighted by Crippen LogP contribution is 2.19. The van der Waals surface area contributed by atoms with Crippen LogP contribution in [0.25, 0.3) is 0 Å². The molecule has 1 aromatic rings. The molecule has 0 amide bonds. The molecule has 0 heterocycles. The number of aliphatic hydroxyl groups excluding tert-OH is 1. The van der Waals surface area contributed by atoms with Gasteiger partial charge in [-0.15, -0.1) is 0 Å². The second kappa shape index (κ2) is 8.65. The molecule has 0 aromatic heterocycles. The van der Waals surface area contributed by atoms with Gasteiger partial charge in [-0.1, -0.05) is 19.1 Å². The van der Waals surface area contributed by atoms with Crippen molar-refractivity contribution in [2.75, 3.05) is 32.9 Å². The van der Waals surface area contributed by atoms with E-state index in [9.17, 15) is 0 Å². The highest BCUT2D eigenvalue weighted by Gasteiger charge is 2.13. The molecule has 0 aliphatic carbocycles. The standard InChI is InChI=1S/C15H22N2O2/c1-3-17(8-10-19-11-9-18)13(2)15-6-4-14(12-16)5-7-15/h4-7,13,18H,3,8-11H2,1-2H3. The highest BCUT2D eigenvalue weighted by molar-refractivity contribution is 5.32. The summed E-state index contributed by atoms with van der Waals surface area (Å²) in [5.41, 5.74) is 1.88. The Morgan fingerprint density at radius 1 is 1.32 bits per heavy atom. The number of hydrogen-bond acceptors (Lipinski definition) is 4. The zero-order valence-corrected chi connectivity index (χ0v) is 11.7. The second-order valence-electron chi connectivity index (χ2n) is 4.37. The molecule has 1 atom stereocenters. The molecular weight excluding hydrogens is 240 g/mol. The third kappa shape index (κ3) is 4.99. The first-order chi connectivity index (χ1) is 9.22. The Morgan fingerprint density at radius 2 is 2.00 bits per heavy atom. The fraction of sp³-hybridized carbons (Fsp3) is 0.533. The first-order valence-corrected chi connectivity index (χ1v) is 6.65. The lowest BCUT2D eigenvalue weighted by Gasteiger charge is -2.28. The molecule has 4 nitrogen and oxygen atoms in total. The van der Waals surface area contributed by atoms with Crippen LogP contribution in [0.4, 0.5) is 0 Å². The summed E-state index contributed by atoms with van der Waals surface area (Å²) in [6, 6.07) is 10.1. The second-order valence-corrected chi connectivity index (χ2v) is 4.37. The summed E-state index contributed by atoms with van der Waals surface area (Å²) in [4.78, 5) is 2.30. The van der Waals surface area contributed by atoms with Crippen molar-refractivity contribution in [2.45, 2.75) is 19.9 Å². The van der Waals surface area contributed by atoms with Gasteiger partial charge in [-0.25, -0.2) is 0 Å². The van der Waals surface area contributed by atoms with Gasteiger partial charge in [0.1, 0.15) is 0 Å². The zero-order chi connectivity index (χ0) is 14.1. The fourth-order valence-corrected chi connectivity index (χ4v) is 2.02. The van der Waals surface area contributed by atoms with Crippen molar-refractivity contribution in [1.82, 2.24) is 4.90 Å². The molecule has 1 N–H and O–H groups in total. The lowest BCUT2D eigenvalue weighted by Crippen LogP contribution is -2.30. The highest BCUT2D eigenvalue weighted by atomic mass is 16.5. The van der Waals surface area contributed by atoms with E-state index < -0.39 is 0 Å². The molecule has 1 aromatic carbocycles. The number of rotatable bonds is 8. The molecule has 104 valence electrons. The van der Waals surface area contributed by atoms with Crippen molar-refractivity contribution in [3.8, 4) is 6.07 Å². The summed E-state index contributed by atoms with van der Waals surface area (Å²) >= 11 is 0. The average molecular weight is 262 g/mol. The van der Waals surface area contributed by atoms with E-state index >= 15 is 0 Å². The van der Waals surface area contributed by atoms with Gasteiger partial charge in [-0.05, 0) is 31.2 Å². The minimum absolute atomic E-state index is 0.0668. The molecule has 0 aliphatic rings. The van der Waals surface area contributed by atoms with Crippen LogP contribution >= 0.6 is 0 Å². The largest absolute Gasteiger partial charge is 0.394 e. The number of nitrogens with zero attached hydrogens (tertiary/aromatic N) is 2. The van der Waals surface area contributed by atoms with Gasteiger partial charge in [0, 0.05) is 12.6 Å². The van der Waals surface area contributed by atoms with Crippen LogP contribution in [0.3, 0.4) is 0 Å². The van der Waals surface area contributed by atoms with Crippen LogP contribution in [0.15, 0.2) is 24.3 Å². The maximum atomic E-state index is 8.79. The van der Waals surface area contributed by atoms with Gasteiger partial charge in [-0.2, -0.15) is 5.26 Å². The van der Waals surface area contributed by atoms with Crippen LogP contribution in [0.1, 0.15) is 31.0 Å². The Hall–Kier alpha value is -1.41. The van der Waals surface area contributed by atoms with E-state index in [-0.39, 0.29) is 12.6 Å². The lowest BCUT2D eigenvalue weighted by atomic mass is 10.1. The van der Waals surface area contributed by atoms with Crippen LogP contribution in [0, 0.1) is 11.3 Å². The molecule has 0 bridgehead atoms. The zero-order valence-electron chi connectivity index (χ0n) is 11.7. The molecule has 0 radical (unpaired) electrons. The van der Waals surface area contributed by atoms with Crippen LogP contribution in [-0.2, 0) is 4.74 Å². The predicted octanol–water partition coefficient (Wildman–Crippen LogP) is 1.95. The molecule has 0 saturated carbocycles. The van der Waals surface area contributed by atoms with Crippen molar-refractivity contribution >= 4 is 0 Å². The average Bonchev–Trinajstić information content (AvgIpc) is 2.47. The third-order valence-electron chi connectivity index (χ3n) is 3.23. The molecule has 1 rings (SSSR count). The third-order valence-corrected chi connectivity index (χ3v) is 3.23. The number of aliphatic hydroxyl groups is 1. The van der Waals surface area contributed by atoms with E-state index in [1.807, 2.05) is 24.3 Å². The quantitative estimate of drug-likeness (QED) is 0.728. The maximum absolute atomic E-state index is 8.79.